The van der Waals surface area contributed by atoms with Crippen molar-refractivity contribution in [2.45, 2.75) is 81.7 Å². The lowest BCUT2D eigenvalue weighted by Crippen LogP contribution is -2.64. The molecule has 0 spiro atoms. The number of piperidine rings is 2. The number of anilines is 1. The third kappa shape index (κ3) is 5.07. The zero-order valence-electron chi connectivity index (χ0n) is 29.9. The third-order valence-corrected chi connectivity index (χ3v) is 14.1. The van der Waals surface area contributed by atoms with E-state index in [0.717, 1.165) is 58.8 Å². The molecule has 4 aliphatic heterocycles. The molecule has 5 heterocycles. The first-order chi connectivity index (χ1) is 25.8. The van der Waals surface area contributed by atoms with E-state index >= 15 is 0 Å². The Morgan fingerprint density at radius 1 is 0.558 bits per heavy atom. The summed E-state index contributed by atoms with van der Waals surface area (Å²) in [5.41, 5.74) is 4.39. The zero-order chi connectivity index (χ0) is 34.2. The minimum absolute atomic E-state index is 0.344. The Hall–Kier alpha value is -4.17. The van der Waals surface area contributed by atoms with Crippen molar-refractivity contribution in [3.05, 3.63) is 97.1 Å². The summed E-state index contributed by atoms with van der Waals surface area (Å²) in [7, 11) is 0. The van der Waals surface area contributed by atoms with E-state index in [1.165, 1.54) is 80.9 Å². The third-order valence-electron chi connectivity index (χ3n) is 14.1. The van der Waals surface area contributed by atoms with Crippen LogP contribution in [0.3, 0.4) is 0 Å². The number of nitrogens with zero attached hydrogens (tertiary/aromatic N) is 5. The highest BCUT2D eigenvalue weighted by Gasteiger charge is 2.62. The number of benzene rings is 4. The maximum absolute atomic E-state index is 5.14. The number of fused-ring (bicyclic) bond motifs is 6. The lowest BCUT2D eigenvalue weighted by molar-refractivity contribution is 0.0110. The van der Waals surface area contributed by atoms with Gasteiger partial charge in [-0.25, -0.2) is 15.0 Å². The van der Waals surface area contributed by atoms with E-state index in [4.69, 9.17) is 15.0 Å². The molecule has 7 nitrogen and oxygen atoms in total. The zero-order valence-corrected chi connectivity index (χ0v) is 29.9. The Bertz CT molecular complexity index is 2080. The van der Waals surface area contributed by atoms with Gasteiger partial charge >= 0.3 is 0 Å². The molecule has 0 radical (unpaired) electrons. The van der Waals surface area contributed by atoms with E-state index in [9.17, 15) is 0 Å². The maximum atomic E-state index is 5.14. The molecule has 1 aromatic heterocycles. The van der Waals surface area contributed by atoms with Gasteiger partial charge in [0, 0.05) is 53.1 Å². The lowest BCUT2D eigenvalue weighted by Gasteiger charge is -2.51. The molecule has 52 heavy (non-hydrogen) atoms. The Balaban J connectivity index is 0.992. The predicted octanol–water partition coefficient (Wildman–Crippen LogP) is 7.78. The summed E-state index contributed by atoms with van der Waals surface area (Å²) in [6, 6.07) is 37.2. The van der Waals surface area contributed by atoms with Crippen LogP contribution in [0.1, 0.15) is 51.4 Å². The molecule has 7 heteroatoms. The highest BCUT2D eigenvalue weighted by molar-refractivity contribution is 5.86. The molecular formula is C45H49N7. The normalized spacial score (nSPS) is 32.5. The van der Waals surface area contributed by atoms with Gasteiger partial charge < -0.3 is 10.2 Å². The summed E-state index contributed by atoms with van der Waals surface area (Å²) >= 11 is 0. The monoisotopic (exact) mass is 687 g/mol. The van der Waals surface area contributed by atoms with Gasteiger partial charge in [0.25, 0.3) is 0 Å². The molecule has 9 atom stereocenters. The van der Waals surface area contributed by atoms with Gasteiger partial charge in [0.1, 0.15) is 0 Å². The number of rotatable bonds is 4. The summed E-state index contributed by atoms with van der Waals surface area (Å²) < 4.78 is 0. The maximum Gasteiger partial charge on any atom is 0.164 e. The lowest BCUT2D eigenvalue weighted by atomic mass is 9.61. The van der Waals surface area contributed by atoms with Crippen molar-refractivity contribution < 1.29 is 0 Å². The molecule has 2 N–H and O–H groups in total. The molecule has 5 aromatic rings. The van der Waals surface area contributed by atoms with Gasteiger partial charge in [-0.2, -0.15) is 0 Å². The molecule has 6 fully saturated rings. The summed E-state index contributed by atoms with van der Waals surface area (Å²) in [5.74, 6) is 5.49. The van der Waals surface area contributed by atoms with Crippen molar-refractivity contribution in [1.82, 2.24) is 30.5 Å². The Labute approximate surface area is 307 Å². The molecule has 2 saturated carbocycles. The van der Waals surface area contributed by atoms with Crippen LogP contribution in [0, 0.1) is 23.7 Å². The first-order valence-corrected chi connectivity index (χ1v) is 20.2. The molecule has 9 unspecified atom stereocenters. The number of nitrogens with one attached hydrogen (secondary N) is 2. The van der Waals surface area contributed by atoms with Crippen molar-refractivity contribution in [3.8, 4) is 34.2 Å². The molecule has 0 bridgehead atoms. The Morgan fingerprint density at radius 2 is 1.29 bits per heavy atom. The van der Waals surface area contributed by atoms with E-state index in [2.05, 4.69) is 111 Å². The van der Waals surface area contributed by atoms with Gasteiger partial charge in [-0.1, -0.05) is 73.2 Å². The largest absolute Gasteiger partial charge is 0.351 e. The van der Waals surface area contributed by atoms with Crippen LogP contribution in [0.5, 0.6) is 0 Å². The first kappa shape index (κ1) is 31.4. The van der Waals surface area contributed by atoms with Crippen molar-refractivity contribution in [3.63, 3.8) is 0 Å². The van der Waals surface area contributed by atoms with Crippen LogP contribution in [0.4, 0.5) is 5.69 Å². The average molecular weight is 688 g/mol. The second-order valence-electron chi connectivity index (χ2n) is 16.5. The van der Waals surface area contributed by atoms with Crippen LogP contribution in [0.15, 0.2) is 97.1 Å². The van der Waals surface area contributed by atoms with E-state index in [-0.39, 0.29) is 0 Å². The van der Waals surface area contributed by atoms with Gasteiger partial charge in [-0.15, -0.1) is 0 Å². The molecule has 264 valence electrons. The van der Waals surface area contributed by atoms with Crippen molar-refractivity contribution in [2.24, 2.45) is 23.7 Å². The van der Waals surface area contributed by atoms with Crippen LogP contribution in [0.2, 0.25) is 0 Å². The number of aromatic nitrogens is 3. The molecule has 2 aliphatic carbocycles. The fraction of sp³-hybridized carbons (Fsp3) is 0.444. The predicted molar refractivity (Wildman–Crippen MR) is 209 cm³/mol. The van der Waals surface area contributed by atoms with Crippen molar-refractivity contribution in [2.75, 3.05) is 24.5 Å². The van der Waals surface area contributed by atoms with Gasteiger partial charge in [-0.3, -0.25) is 10.2 Å². The van der Waals surface area contributed by atoms with Gasteiger partial charge in [0.05, 0.1) is 6.17 Å². The highest BCUT2D eigenvalue weighted by atomic mass is 15.4. The van der Waals surface area contributed by atoms with Gasteiger partial charge in [0.15, 0.2) is 17.5 Å². The van der Waals surface area contributed by atoms with Crippen LogP contribution in [-0.4, -0.2) is 69.8 Å². The number of hydrogen-bond donors (Lipinski definition) is 2. The average Bonchev–Trinajstić information content (AvgIpc) is 3.49. The summed E-state index contributed by atoms with van der Waals surface area (Å²) in [5, 5.41) is 10.4. The van der Waals surface area contributed by atoms with Crippen LogP contribution in [-0.2, 0) is 0 Å². The van der Waals surface area contributed by atoms with E-state index in [1.54, 1.807) is 0 Å². The molecule has 0 amide bonds. The topological polar surface area (TPSA) is 69.2 Å². The standard InChI is InChI=1S/C45H49N7/c1-2-9-30(10-3-1)42-48-43(50-44(49-42)33-16-15-28-8-4-5-11-32(28)26-33)31-17-20-34(21-18-31)51-37-13-6-12-29-19-22-36-35-23-25-46-27-39(35)52(41(36)40(29)37)38-14-7-24-47-45(38)51/h1-5,8-11,15-18,20-21,26,29,35-41,45-47H,6-7,12-14,19,22-25,27H2. The van der Waals surface area contributed by atoms with Crippen LogP contribution in [0.25, 0.3) is 44.9 Å². The minimum atomic E-state index is 0.344. The fourth-order valence-electron chi connectivity index (χ4n) is 12.1. The molecular weight excluding hydrogens is 639 g/mol. The number of hydrogen-bond acceptors (Lipinski definition) is 7. The summed E-state index contributed by atoms with van der Waals surface area (Å²) in [6.45, 7) is 3.49. The Kier molecular flexibility index (Phi) is 7.69. The quantitative estimate of drug-likeness (QED) is 0.200. The smallest absolute Gasteiger partial charge is 0.164 e. The molecule has 6 aliphatic rings. The minimum Gasteiger partial charge on any atom is -0.351 e. The van der Waals surface area contributed by atoms with E-state index < -0.39 is 0 Å². The van der Waals surface area contributed by atoms with Crippen molar-refractivity contribution >= 4 is 16.5 Å². The second kappa shape index (κ2) is 12.8. The van der Waals surface area contributed by atoms with E-state index in [0.29, 0.717) is 35.9 Å². The van der Waals surface area contributed by atoms with Gasteiger partial charge in [0.2, 0.25) is 0 Å². The summed E-state index contributed by atoms with van der Waals surface area (Å²) in [6.07, 6.45) is 11.3. The molecule has 4 saturated heterocycles. The van der Waals surface area contributed by atoms with Crippen molar-refractivity contribution in [1.29, 1.82) is 0 Å². The van der Waals surface area contributed by atoms with E-state index in [1.807, 2.05) is 6.07 Å². The SMILES string of the molecule is c1ccc(-c2nc(-c3ccc(N4C5CCCC6CCC7C8CCNCC8N(C8CCCNC84)C7C65)cc3)nc(-c3ccc4ccccc4c3)n2)cc1. The van der Waals surface area contributed by atoms with Crippen LogP contribution >= 0.6 is 0 Å². The summed E-state index contributed by atoms with van der Waals surface area (Å²) in [4.78, 5) is 21.3. The van der Waals surface area contributed by atoms with Crippen LogP contribution < -0.4 is 15.5 Å². The second-order valence-corrected chi connectivity index (χ2v) is 16.5. The molecule has 11 rings (SSSR count). The first-order valence-electron chi connectivity index (χ1n) is 20.2. The fourth-order valence-corrected chi connectivity index (χ4v) is 12.1. The van der Waals surface area contributed by atoms with Gasteiger partial charge in [-0.05, 0) is 123 Å². The highest BCUT2D eigenvalue weighted by Crippen LogP contribution is 2.57. The Morgan fingerprint density at radius 3 is 2.13 bits per heavy atom. The molecule has 4 aromatic carbocycles.